The molecule has 0 bridgehead atoms. The highest BCUT2D eigenvalue weighted by atomic mass is 79.9. The van der Waals surface area contributed by atoms with Crippen molar-refractivity contribution in [2.45, 2.75) is 20.3 Å². The number of nitrogen functional groups attached to an aromatic ring is 1. The number of fused-ring (bicyclic) bond motifs is 1. The molecule has 2 rings (SSSR count). The average molecular weight is 312 g/mol. The maximum absolute atomic E-state index is 13.5. The fourth-order valence-corrected chi connectivity index (χ4v) is 2.26. The summed E-state index contributed by atoms with van der Waals surface area (Å²) in [6.07, 6.45) is 0.836. The van der Waals surface area contributed by atoms with E-state index in [1.807, 2.05) is 6.07 Å². The molecule has 1 aromatic carbocycles. The van der Waals surface area contributed by atoms with Gasteiger partial charge in [-0.25, -0.2) is 4.39 Å². The second kappa shape index (κ2) is 5.20. The monoisotopic (exact) mass is 311 g/mol. The van der Waals surface area contributed by atoms with Crippen LogP contribution >= 0.6 is 15.9 Å². The van der Waals surface area contributed by atoms with Gasteiger partial charge in [0.05, 0.1) is 15.7 Å². The van der Waals surface area contributed by atoms with Crippen LogP contribution in [-0.4, -0.2) is 4.98 Å². The van der Waals surface area contributed by atoms with E-state index in [9.17, 15) is 4.39 Å². The summed E-state index contributed by atoms with van der Waals surface area (Å²) in [4.78, 5) is 4.47. The molecule has 3 nitrogen and oxygen atoms in total. The molecule has 0 saturated heterocycles. The number of nitrogens with zero attached hydrogens (tertiary/aromatic N) is 1. The number of halogens is 2. The van der Waals surface area contributed by atoms with Crippen LogP contribution in [0.1, 0.15) is 19.5 Å². The molecule has 3 N–H and O–H groups in total. The first kappa shape index (κ1) is 13.2. The lowest BCUT2D eigenvalue weighted by Gasteiger charge is -2.11. The molecule has 0 saturated carbocycles. The van der Waals surface area contributed by atoms with Gasteiger partial charge in [-0.15, -0.1) is 0 Å². The smallest absolute Gasteiger partial charge is 0.139 e. The summed E-state index contributed by atoms with van der Waals surface area (Å²) in [5.41, 5.74) is 4.93. The van der Waals surface area contributed by atoms with Crippen LogP contribution in [0.3, 0.4) is 0 Å². The van der Waals surface area contributed by atoms with Crippen molar-refractivity contribution in [3.05, 3.63) is 34.2 Å². The normalized spacial score (nSPS) is 11.2. The molecule has 1 aromatic heterocycles. The van der Waals surface area contributed by atoms with Crippen molar-refractivity contribution in [3.8, 4) is 0 Å². The van der Waals surface area contributed by atoms with Crippen LogP contribution in [-0.2, 0) is 6.42 Å². The SMILES string of the molecule is CC(C)Cc1cc(NN)c2cc(Br)c(F)cc2n1. The molecule has 96 valence electrons. The van der Waals surface area contributed by atoms with Crippen LogP contribution in [0.2, 0.25) is 0 Å². The number of aromatic nitrogens is 1. The highest BCUT2D eigenvalue weighted by Gasteiger charge is 2.10. The van der Waals surface area contributed by atoms with Crippen LogP contribution in [0.25, 0.3) is 10.9 Å². The predicted molar refractivity (Wildman–Crippen MR) is 75.8 cm³/mol. The van der Waals surface area contributed by atoms with Crippen molar-refractivity contribution in [1.29, 1.82) is 0 Å². The summed E-state index contributed by atoms with van der Waals surface area (Å²) in [6.45, 7) is 4.23. The lowest BCUT2D eigenvalue weighted by Crippen LogP contribution is -2.09. The van der Waals surface area contributed by atoms with Crippen LogP contribution in [0.4, 0.5) is 10.1 Å². The maximum Gasteiger partial charge on any atom is 0.139 e. The van der Waals surface area contributed by atoms with Crippen molar-refractivity contribution in [1.82, 2.24) is 4.98 Å². The number of pyridine rings is 1. The van der Waals surface area contributed by atoms with E-state index in [0.29, 0.717) is 15.9 Å². The molecular weight excluding hydrogens is 297 g/mol. The number of hydrogen-bond acceptors (Lipinski definition) is 3. The van der Waals surface area contributed by atoms with Crippen LogP contribution < -0.4 is 11.3 Å². The second-order valence-electron chi connectivity index (χ2n) is 4.69. The Balaban J connectivity index is 2.63. The van der Waals surface area contributed by atoms with Crippen molar-refractivity contribution in [3.63, 3.8) is 0 Å². The molecular formula is C13H15BrFN3. The number of hydrogen-bond donors (Lipinski definition) is 2. The van der Waals surface area contributed by atoms with Crippen LogP contribution in [0.15, 0.2) is 22.7 Å². The Morgan fingerprint density at radius 1 is 1.39 bits per heavy atom. The number of nitrogens with two attached hydrogens (primary N) is 1. The Labute approximate surface area is 114 Å². The van der Waals surface area contributed by atoms with Gasteiger partial charge in [0.1, 0.15) is 5.82 Å². The Morgan fingerprint density at radius 2 is 2.11 bits per heavy atom. The van der Waals surface area contributed by atoms with Gasteiger partial charge in [0, 0.05) is 17.1 Å². The van der Waals surface area contributed by atoms with E-state index >= 15 is 0 Å². The Hall–Kier alpha value is -1.20. The van der Waals surface area contributed by atoms with E-state index in [0.717, 1.165) is 23.2 Å². The van der Waals surface area contributed by atoms with Gasteiger partial charge in [-0.3, -0.25) is 10.8 Å². The van der Waals surface area contributed by atoms with E-state index < -0.39 is 0 Å². The fourth-order valence-electron chi connectivity index (χ4n) is 1.92. The minimum atomic E-state index is -0.320. The molecule has 0 aliphatic heterocycles. The Kier molecular flexibility index (Phi) is 3.82. The van der Waals surface area contributed by atoms with E-state index in [1.54, 1.807) is 6.07 Å². The standard InChI is InChI=1S/C13H15BrFN3/c1-7(2)3-8-4-13(18-16)9-5-10(14)11(15)6-12(9)17-8/h4-7H,3,16H2,1-2H3,(H,17,18). The molecule has 0 unspecified atom stereocenters. The number of nitrogens with one attached hydrogen (secondary N) is 1. The summed E-state index contributed by atoms with van der Waals surface area (Å²) in [7, 11) is 0. The van der Waals surface area contributed by atoms with E-state index in [-0.39, 0.29) is 5.82 Å². The lowest BCUT2D eigenvalue weighted by molar-refractivity contribution is 0.622. The molecule has 0 amide bonds. The van der Waals surface area contributed by atoms with Gasteiger partial charge in [-0.05, 0) is 40.4 Å². The summed E-state index contributed by atoms with van der Waals surface area (Å²) in [5, 5.41) is 0.804. The molecule has 5 heteroatoms. The fraction of sp³-hybridized carbons (Fsp3) is 0.308. The molecule has 0 radical (unpaired) electrons. The van der Waals surface area contributed by atoms with Crippen molar-refractivity contribution >= 4 is 32.5 Å². The van der Waals surface area contributed by atoms with Gasteiger partial charge in [0.15, 0.2) is 0 Å². The largest absolute Gasteiger partial charge is 0.323 e. The van der Waals surface area contributed by atoms with Crippen molar-refractivity contribution in [2.24, 2.45) is 11.8 Å². The Morgan fingerprint density at radius 3 is 2.72 bits per heavy atom. The summed E-state index contributed by atoms with van der Waals surface area (Å²) in [5.74, 6) is 5.68. The zero-order chi connectivity index (χ0) is 13.3. The zero-order valence-corrected chi connectivity index (χ0v) is 11.9. The first-order chi connectivity index (χ1) is 8.51. The lowest BCUT2D eigenvalue weighted by atomic mass is 10.1. The molecule has 2 aromatic rings. The molecule has 0 atom stereocenters. The first-order valence-corrected chi connectivity index (χ1v) is 6.56. The highest BCUT2D eigenvalue weighted by molar-refractivity contribution is 9.10. The molecule has 0 aliphatic carbocycles. The van der Waals surface area contributed by atoms with Gasteiger partial charge in [0.2, 0.25) is 0 Å². The van der Waals surface area contributed by atoms with Crippen molar-refractivity contribution in [2.75, 3.05) is 5.43 Å². The van der Waals surface area contributed by atoms with E-state index in [2.05, 4.69) is 40.2 Å². The molecule has 18 heavy (non-hydrogen) atoms. The van der Waals surface area contributed by atoms with Gasteiger partial charge in [-0.2, -0.15) is 0 Å². The quantitative estimate of drug-likeness (QED) is 0.672. The second-order valence-corrected chi connectivity index (χ2v) is 5.54. The van der Waals surface area contributed by atoms with Gasteiger partial charge in [0.25, 0.3) is 0 Å². The zero-order valence-electron chi connectivity index (χ0n) is 10.3. The number of anilines is 1. The molecule has 0 fully saturated rings. The van der Waals surface area contributed by atoms with Crippen LogP contribution in [0.5, 0.6) is 0 Å². The number of rotatable bonds is 3. The van der Waals surface area contributed by atoms with E-state index in [1.165, 1.54) is 6.07 Å². The Bertz CT molecular complexity index is 584. The van der Waals surface area contributed by atoms with Crippen molar-refractivity contribution < 1.29 is 4.39 Å². The highest BCUT2D eigenvalue weighted by Crippen LogP contribution is 2.28. The van der Waals surface area contributed by atoms with Gasteiger partial charge < -0.3 is 5.43 Å². The summed E-state index contributed by atoms with van der Waals surface area (Å²) < 4.78 is 13.9. The van der Waals surface area contributed by atoms with Gasteiger partial charge >= 0.3 is 0 Å². The summed E-state index contributed by atoms with van der Waals surface area (Å²) >= 11 is 3.17. The molecule has 1 heterocycles. The minimum absolute atomic E-state index is 0.320. The van der Waals surface area contributed by atoms with E-state index in [4.69, 9.17) is 5.84 Å². The molecule has 0 spiro atoms. The van der Waals surface area contributed by atoms with Gasteiger partial charge in [-0.1, -0.05) is 13.8 Å². The number of hydrazine groups is 1. The topological polar surface area (TPSA) is 50.9 Å². The third-order valence-corrected chi connectivity index (χ3v) is 3.28. The maximum atomic E-state index is 13.5. The predicted octanol–water partition coefficient (Wildman–Crippen LogP) is 3.62. The summed E-state index contributed by atoms with van der Waals surface area (Å²) in [6, 6.07) is 5.02. The average Bonchev–Trinajstić information content (AvgIpc) is 2.29. The molecule has 0 aliphatic rings. The third-order valence-electron chi connectivity index (χ3n) is 2.68. The third kappa shape index (κ3) is 2.62. The first-order valence-electron chi connectivity index (χ1n) is 5.76. The minimum Gasteiger partial charge on any atom is -0.323 e. The van der Waals surface area contributed by atoms with Crippen LogP contribution in [0, 0.1) is 11.7 Å². The number of benzene rings is 1.